The summed E-state index contributed by atoms with van der Waals surface area (Å²) in [6.07, 6.45) is -3.44. The zero-order chi connectivity index (χ0) is 14.6. The van der Waals surface area contributed by atoms with Crippen molar-refractivity contribution in [3.05, 3.63) is 30.2 Å². The predicted molar refractivity (Wildman–Crippen MR) is 65.5 cm³/mol. The largest absolute Gasteiger partial charge is 0.573 e. The van der Waals surface area contributed by atoms with Gasteiger partial charge in [-0.1, -0.05) is 0 Å². The second-order valence-corrected chi connectivity index (χ2v) is 4.24. The summed E-state index contributed by atoms with van der Waals surface area (Å²) in [6, 6.07) is 5.21. The number of alkyl halides is 4. The standard InChI is InChI=1S/C12H10ClF3N2O2/c13-7-1-2-10-17-18-11(19-10)8-3-5-9(6-4-8)20-12(14,15)16/h3-6H,1-2,7H2. The van der Waals surface area contributed by atoms with Crippen LogP contribution in [0.3, 0.4) is 0 Å². The number of aryl methyl sites for hydroxylation is 1. The van der Waals surface area contributed by atoms with Crippen LogP contribution in [-0.4, -0.2) is 22.4 Å². The Kier molecular flexibility index (Phi) is 4.49. The van der Waals surface area contributed by atoms with Crippen LogP contribution >= 0.6 is 11.6 Å². The second-order valence-electron chi connectivity index (χ2n) is 3.87. The summed E-state index contributed by atoms with van der Waals surface area (Å²) in [6.45, 7) is 0. The van der Waals surface area contributed by atoms with Crippen LogP contribution in [-0.2, 0) is 6.42 Å². The molecule has 0 aliphatic rings. The van der Waals surface area contributed by atoms with Gasteiger partial charge in [-0.3, -0.25) is 0 Å². The summed E-state index contributed by atoms with van der Waals surface area (Å²) in [4.78, 5) is 0. The lowest BCUT2D eigenvalue weighted by atomic mass is 10.2. The fourth-order valence-corrected chi connectivity index (χ4v) is 1.62. The van der Waals surface area contributed by atoms with Gasteiger partial charge >= 0.3 is 6.36 Å². The van der Waals surface area contributed by atoms with Gasteiger partial charge in [0.25, 0.3) is 0 Å². The van der Waals surface area contributed by atoms with Gasteiger partial charge in [-0.25, -0.2) is 0 Å². The minimum Gasteiger partial charge on any atom is -0.421 e. The van der Waals surface area contributed by atoms with Gasteiger partial charge in [0, 0.05) is 17.9 Å². The van der Waals surface area contributed by atoms with Gasteiger partial charge in [-0.15, -0.1) is 35.0 Å². The molecule has 0 fully saturated rings. The molecule has 0 aliphatic heterocycles. The van der Waals surface area contributed by atoms with Gasteiger partial charge in [-0.05, 0) is 30.7 Å². The van der Waals surface area contributed by atoms with Gasteiger partial charge in [0.15, 0.2) is 0 Å². The van der Waals surface area contributed by atoms with Crippen LogP contribution in [0, 0.1) is 0 Å². The number of hydrogen-bond donors (Lipinski definition) is 0. The molecule has 1 heterocycles. The van der Waals surface area contributed by atoms with Crippen LogP contribution < -0.4 is 4.74 Å². The number of aromatic nitrogens is 2. The van der Waals surface area contributed by atoms with E-state index in [-0.39, 0.29) is 11.6 Å². The molecule has 0 saturated heterocycles. The Morgan fingerprint density at radius 1 is 1.15 bits per heavy atom. The normalized spacial score (nSPS) is 11.6. The molecular weight excluding hydrogens is 297 g/mol. The van der Waals surface area contributed by atoms with Crippen molar-refractivity contribution in [3.63, 3.8) is 0 Å². The number of rotatable bonds is 5. The molecule has 0 aliphatic carbocycles. The minimum absolute atomic E-state index is 0.244. The smallest absolute Gasteiger partial charge is 0.421 e. The van der Waals surface area contributed by atoms with E-state index in [0.29, 0.717) is 30.2 Å². The lowest BCUT2D eigenvalue weighted by Crippen LogP contribution is -2.16. The maximum Gasteiger partial charge on any atom is 0.573 e. The van der Waals surface area contributed by atoms with Crippen LogP contribution in [0.1, 0.15) is 12.3 Å². The van der Waals surface area contributed by atoms with Crippen LogP contribution in [0.15, 0.2) is 28.7 Å². The van der Waals surface area contributed by atoms with Crippen molar-refractivity contribution in [3.8, 4) is 17.2 Å². The molecule has 1 aromatic carbocycles. The molecular formula is C12H10ClF3N2O2. The van der Waals surface area contributed by atoms with Gasteiger partial charge in [-0.2, -0.15) is 0 Å². The Morgan fingerprint density at radius 2 is 1.85 bits per heavy atom. The molecule has 0 saturated carbocycles. The van der Waals surface area contributed by atoms with E-state index in [9.17, 15) is 13.2 Å². The number of nitrogens with zero attached hydrogens (tertiary/aromatic N) is 2. The third kappa shape index (κ3) is 4.12. The highest BCUT2D eigenvalue weighted by Crippen LogP contribution is 2.26. The van der Waals surface area contributed by atoms with Crippen molar-refractivity contribution >= 4 is 11.6 Å². The van der Waals surface area contributed by atoms with Gasteiger partial charge in [0.05, 0.1) is 0 Å². The molecule has 2 rings (SSSR count). The van der Waals surface area contributed by atoms with E-state index >= 15 is 0 Å². The molecule has 0 unspecified atom stereocenters. The molecule has 4 nitrogen and oxygen atoms in total. The highest BCUT2D eigenvalue weighted by molar-refractivity contribution is 6.17. The zero-order valence-electron chi connectivity index (χ0n) is 10.2. The lowest BCUT2D eigenvalue weighted by Gasteiger charge is -2.08. The van der Waals surface area contributed by atoms with E-state index in [1.54, 1.807) is 0 Å². The topological polar surface area (TPSA) is 48.2 Å². The fourth-order valence-electron chi connectivity index (χ4n) is 1.49. The highest BCUT2D eigenvalue weighted by Gasteiger charge is 2.31. The van der Waals surface area contributed by atoms with Crippen LogP contribution in [0.4, 0.5) is 13.2 Å². The SMILES string of the molecule is FC(F)(F)Oc1ccc(-c2nnc(CCCCl)o2)cc1. The first-order chi connectivity index (χ1) is 9.48. The maximum atomic E-state index is 12.0. The van der Waals surface area contributed by atoms with Crippen LogP contribution in [0.25, 0.3) is 11.5 Å². The van der Waals surface area contributed by atoms with Crippen molar-refractivity contribution in [2.45, 2.75) is 19.2 Å². The molecule has 0 radical (unpaired) electrons. The first-order valence-electron chi connectivity index (χ1n) is 5.72. The van der Waals surface area contributed by atoms with Crippen molar-refractivity contribution in [2.75, 3.05) is 5.88 Å². The van der Waals surface area contributed by atoms with Gasteiger partial charge in [0.1, 0.15) is 5.75 Å². The average molecular weight is 307 g/mol. The second kappa shape index (κ2) is 6.13. The molecule has 0 amide bonds. The Balaban J connectivity index is 2.07. The molecule has 0 bridgehead atoms. The third-order valence-electron chi connectivity index (χ3n) is 2.33. The molecule has 2 aromatic rings. The third-order valence-corrected chi connectivity index (χ3v) is 2.59. The van der Waals surface area contributed by atoms with Crippen molar-refractivity contribution in [2.24, 2.45) is 0 Å². The first kappa shape index (κ1) is 14.6. The van der Waals surface area contributed by atoms with Crippen molar-refractivity contribution in [1.82, 2.24) is 10.2 Å². The van der Waals surface area contributed by atoms with E-state index in [2.05, 4.69) is 14.9 Å². The molecule has 0 N–H and O–H groups in total. The average Bonchev–Trinajstić information content (AvgIpc) is 2.84. The lowest BCUT2D eigenvalue weighted by molar-refractivity contribution is -0.274. The van der Waals surface area contributed by atoms with Crippen LogP contribution in [0.5, 0.6) is 5.75 Å². The van der Waals surface area contributed by atoms with E-state index in [1.807, 2.05) is 0 Å². The Hall–Kier alpha value is -1.76. The summed E-state index contributed by atoms with van der Waals surface area (Å²) in [5, 5.41) is 7.65. The molecule has 0 atom stereocenters. The minimum atomic E-state index is -4.71. The van der Waals surface area contributed by atoms with Crippen LogP contribution in [0.2, 0.25) is 0 Å². The Morgan fingerprint density at radius 3 is 2.45 bits per heavy atom. The summed E-state index contributed by atoms with van der Waals surface area (Å²) in [5.74, 6) is 0.869. The number of ether oxygens (including phenoxy) is 1. The zero-order valence-corrected chi connectivity index (χ0v) is 10.9. The number of hydrogen-bond acceptors (Lipinski definition) is 4. The summed E-state index contributed by atoms with van der Waals surface area (Å²) < 4.78 is 45.2. The highest BCUT2D eigenvalue weighted by atomic mass is 35.5. The fraction of sp³-hybridized carbons (Fsp3) is 0.333. The quantitative estimate of drug-likeness (QED) is 0.788. The molecule has 108 valence electrons. The summed E-state index contributed by atoms with van der Waals surface area (Å²) in [7, 11) is 0. The van der Waals surface area contributed by atoms with E-state index in [1.165, 1.54) is 24.3 Å². The van der Waals surface area contributed by atoms with Gasteiger partial charge < -0.3 is 9.15 Å². The van der Waals surface area contributed by atoms with Crippen molar-refractivity contribution < 1.29 is 22.3 Å². The summed E-state index contributed by atoms with van der Waals surface area (Å²) >= 11 is 5.55. The van der Waals surface area contributed by atoms with E-state index in [0.717, 1.165) is 0 Å². The van der Waals surface area contributed by atoms with Gasteiger partial charge in [0.2, 0.25) is 11.8 Å². The number of benzene rings is 1. The Labute approximate surface area is 117 Å². The molecule has 20 heavy (non-hydrogen) atoms. The first-order valence-corrected chi connectivity index (χ1v) is 6.26. The van der Waals surface area contributed by atoms with E-state index < -0.39 is 6.36 Å². The molecule has 1 aromatic heterocycles. The number of halogens is 4. The molecule has 8 heteroatoms. The molecule has 0 spiro atoms. The predicted octanol–water partition coefficient (Wildman–Crippen LogP) is 3.81. The van der Waals surface area contributed by atoms with Crippen molar-refractivity contribution in [1.29, 1.82) is 0 Å². The Bertz CT molecular complexity index is 555. The monoisotopic (exact) mass is 306 g/mol. The summed E-state index contributed by atoms with van der Waals surface area (Å²) in [5.41, 5.74) is 0.518. The van der Waals surface area contributed by atoms with E-state index in [4.69, 9.17) is 16.0 Å². The maximum absolute atomic E-state index is 12.0.